The minimum atomic E-state index is -4.82. The number of benzene rings is 1. The molecule has 0 radical (unpaired) electrons. The van der Waals surface area contributed by atoms with Crippen molar-refractivity contribution in [3.05, 3.63) is 35.1 Å². The van der Waals surface area contributed by atoms with Crippen LogP contribution in [0.15, 0.2) is 18.2 Å². The first-order valence-corrected chi connectivity index (χ1v) is 5.95. The maximum atomic E-state index is 13.7. The van der Waals surface area contributed by atoms with Crippen molar-refractivity contribution in [1.29, 1.82) is 0 Å². The van der Waals surface area contributed by atoms with Crippen LogP contribution in [0.3, 0.4) is 0 Å². The van der Waals surface area contributed by atoms with Crippen LogP contribution in [-0.4, -0.2) is 37.5 Å². The van der Waals surface area contributed by atoms with Gasteiger partial charge in [-0.25, -0.2) is 4.39 Å². The number of carbonyl (C=O) groups is 1. The molecule has 20 heavy (non-hydrogen) atoms. The quantitative estimate of drug-likeness (QED) is 0.865. The van der Waals surface area contributed by atoms with E-state index in [-0.39, 0.29) is 12.6 Å². The molecule has 1 atom stereocenters. The van der Waals surface area contributed by atoms with Gasteiger partial charge in [0.1, 0.15) is 5.82 Å². The lowest BCUT2D eigenvalue weighted by molar-refractivity contribution is -0.140. The van der Waals surface area contributed by atoms with Crippen molar-refractivity contribution in [3.8, 4) is 0 Å². The first-order valence-electron chi connectivity index (χ1n) is 5.95. The highest BCUT2D eigenvalue weighted by molar-refractivity contribution is 5.94. The molecule has 1 aromatic rings. The summed E-state index contributed by atoms with van der Waals surface area (Å²) in [4.78, 5) is 13.6. The predicted octanol–water partition coefficient (Wildman–Crippen LogP) is 2.52. The minimum absolute atomic E-state index is 0.0205. The summed E-state index contributed by atoms with van der Waals surface area (Å²) in [7, 11) is 3.59. The van der Waals surface area contributed by atoms with Crippen LogP contribution in [-0.2, 0) is 6.18 Å². The summed E-state index contributed by atoms with van der Waals surface area (Å²) < 4.78 is 51.3. The fourth-order valence-corrected chi connectivity index (χ4v) is 1.44. The van der Waals surface area contributed by atoms with Crippen LogP contribution in [0.4, 0.5) is 17.6 Å². The van der Waals surface area contributed by atoms with Crippen LogP contribution < -0.4 is 5.32 Å². The van der Waals surface area contributed by atoms with E-state index >= 15 is 0 Å². The van der Waals surface area contributed by atoms with Gasteiger partial charge in [0.15, 0.2) is 0 Å². The Bertz CT molecular complexity index is 486. The molecule has 0 saturated heterocycles. The largest absolute Gasteiger partial charge is 0.419 e. The zero-order valence-electron chi connectivity index (χ0n) is 11.4. The summed E-state index contributed by atoms with van der Waals surface area (Å²) in [6, 6.07) is 2.62. The second kappa shape index (κ2) is 6.21. The number of rotatable bonds is 4. The standard InChI is InChI=1S/C13H16F4N2O/c1-8(19(2)3)7-18-12(20)9-5-4-6-10(11(9)14)13(15,16)17/h4-6,8H,7H2,1-3H3,(H,18,20). The molecule has 1 unspecified atom stereocenters. The smallest absolute Gasteiger partial charge is 0.350 e. The third-order valence-electron chi connectivity index (χ3n) is 2.99. The minimum Gasteiger partial charge on any atom is -0.350 e. The molecule has 1 N–H and O–H groups in total. The maximum Gasteiger partial charge on any atom is 0.419 e. The number of nitrogens with zero attached hydrogens (tertiary/aromatic N) is 1. The van der Waals surface area contributed by atoms with Gasteiger partial charge < -0.3 is 10.2 Å². The number of likely N-dealkylation sites (N-methyl/N-ethyl adjacent to an activating group) is 1. The molecule has 0 heterocycles. The monoisotopic (exact) mass is 292 g/mol. The van der Waals surface area contributed by atoms with E-state index < -0.39 is 29.0 Å². The van der Waals surface area contributed by atoms with Crippen molar-refractivity contribution < 1.29 is 22.4 Å². The lowest BCUT2D eigenvalue weighted by Crippen LogP contribution is -2.38. The molecule has 0 spiro atoms. The van der Waals surface area contributed by atoms with Crippen molar-refractivity contribution in [2.45, 2.75) is 19.1 Å². The van der Waals surface area contributed by atoms with Crippen molar-refractivity contribution in [2.75, 3.05) is 20.6 Å². The molecule has 1 rings (SSSR count). The molecule has 0 fully saturated rings. The van der Waals surface area contributed by atoms with Gasteiger partial charge in [-0.2, -0.15) is 13.2 Å². The number of alkyl halides is 3. The van der Waals surface area contributed by atoms with Gasteiger partial charge in [-0.15, -0.1) is 0 Å². The zero-order valence-corrected chi connectivity index (χ0v) is 11.4. The molecular weight excluding hydrogens is 276 g/mol. The fourth-order valence-electron chi connectivity index (χ4n) is 1.44. The van der Waals surface area contributed by atoms with Gasteiger partial charge in [0.05, 0.1) is 11.1 Å². The van der Waals surface area contributed by atoms with Crippen molar-refractivity contribution in [1.82, 2.24) is 10.2 Å². The summed E-state index contributed by atoms with van der Waals surface area (Å²) in [6.45, 7) is 2.03. The number of hydrogen-bond acceptors (Lipinski definition) is 2. The van der Waals surface area contributed by atoms with Gasteiger partial charge in [0.2, 0.25) is 0 Å². The van der Waals surface area contributed by atoms with E-state index in [0.29, 0.717) is 6.07 Å². The van der Waals surface area contributed by atoms with Gasteiger partial charge in [-0.1, -0.05) is 6.07 Å². The normalized spacial score (nSPS) is 13.4. The van der Waals surface area contributed by atoms with E-state index in [1.807, 2.05) is 11.8 Å². The highest BCUT2D eigenvalue weighted by Gasteiger charge is 2.35. The van der Waals surface area contributed by atoms with Gasteiger partial charge in [0.25, 0.3) is 5.91 Å². The molecule has 0 aromatic heterocycles. The third-order valence-corrected chi connectivity index (χ3v) is 2.99. The summed E-state index contributed by atoms with van der Waals surface area (Å²) >= 11 is 0. The van der Waals surface area contributed by atoms with Gasteiger partial charge in [-0.05, 0) is 33.2 Å². The molecule has 0 aliphatic carbocycles. The van der Waals surface area contributed by atoms with E-state index in [9.17, 15) is 22.4 Å². The average Bonchev–Trinajstić information content (AvgIpc) is 2.34. The van der Waals surface area contributed by atoms with Crippen molar-refractivity contribution in [2.24, 2.45) is 0 Å². The molecule has 112 valence electrons. The fraction of sp³-hybridized carbons (Fsp3) is 0.462. The molecule has 0 aliphatic heterocycles. The van der Waals surface area contributed by atoms with Crippen LogP contribution in [0.2, 0.25) is 0 Å². The SMILES string of the molecule is CC(CNC(=O)c1cccc(C(F)(F)F)c1F)N(C)C. The van der Waals surface area contributed by atoms with Gasteiger partial charge >= 0.3 is 6.18 Å². The van der Waals surface area contributed by atoms with E-state index in [1.54, 1.807) is 14.1 Å². The molecule has 1 aromatic carbocycles. The van der Waals surface area contributed by atoms with Crippen molar-refractivity contribution >= 4 is 5.91 Å². The van der Waals surface area contributed by atoms with E-state index in [1.165, 1.54) is 0 Å². The average molecular weight is 292 g/mol. The maximum absolute atomic E-state index is 13.7. The molecule has 1 amide bonds. The third kappa shape index (κ3) is 3.93. The van der Waals surface area contributed by atoms with E-state index in [4.69, 9.17) is 0 Å². The Labute approximate surface area is 114 Å². The van der Waals surface area contributed by atoms with Crippen LogP contribution >= 0.6 is 0 Å². The first kappa shape index (κ1) is 16.4. The topological polar surface area (TPSA) is 32.3 Å². The highest BCUT2D eigenvalue weighted by atomic mass is 19.4. The molecule has 0 saturated carbocycles. The number of carbonyl (C=O) groups excluding carboxylic acids is 1. The summed E-state index contributed by atoms with van der Waals surface area (Å²) in [6.07, 6.45) is -4.82. The first-order chi connectivity index (χ1) is 9.14. The van der Waals surface area contributed by atoms with Crippen LogP contribution in [0.1, 0.15) is 22.8 Å². The number of amides is 1. The summed E-state index contributed by atoms with van der Waals surface area (Å²) in [5, 5.41) is 2.41. The lowest BCUT2D eigenvalue weighted by Gasteiger charge is -2.20. The number of hydrogen-bond donors (Lipinski definition) is 1. The molecule has 0 bridgehead atoms. The van der Waals surface area contributed by atoms with E-state index in [0.717, 1.165) is 12.1 Å². The Balaban J connectivity index is 2.90. The van der Waals surface area contributed by atoms with Crippen LogP contribution in [0.25, 0.3) is 0 Å². The van der Waals surface area contributed by atoms with Crippen LogP contribution in [0.5, 0.6) is 0 Å². The summed E-state index contributed by atoms with van der Waals surface area (Å²) in [5.41, 5.74) is -2.04. The van der Waals surface area contributed by atoms with E-state index in [2.05, 4.69) is 5.32 Å². The summed E-state index contributed by atoms with van der Waals surface area (Å²) in [5.74, 6) is -2.41. The second-order valence-electron chi connectivity index (χ2n) is 4.69. The Hall–Kier alpha value is -1.63. The second-order valence-corrected chi connectivity index (χ2v) is 4.69. The van der Waals surface area contributed by atoms with Crippen molar-refractivity contribution in [3.63, 3.8) is 0 Å². The Kier molecular flexibility index (Phi) is 5.10. The number of nitrogens with one attached hydrogen (secondary N) is 1. The number of halogens is 4. The highest BCUT2D eigenvalue weighted by Crippen LogP contribution is 2.32. The molecule has 0 aliphatic rings. The van der Waals surface area contributed by atoms with Gasteiger partial charge in [0, 0.05) is 12.6 Å². The predicted molar refractivity (Wildman–Crippen MR) is 66.9 cm³/mol. The van der Waals surface area contributed by atoms with Gasteiger partial charge in [-0.3, -0.25) is 4.79 Å². The Morgan fingerprint density at radius 3 is 2.45 bits per heavy atom. The zero-order chi connectivity index (χ0) is 15.5. The Morgan fingerprint density at radius 2 is 1.95 bits per heavy atom. The molecule has 7 heteroatoms. The molecule has 3 nitrogen and oxygen atoms in total. The lowest BCUT2D eigenvalue weighted by atomic mass is 10.1. The Morgan fingerprint density at radius 1 is 1.35 bits per heavy atom. The molecular formula is C13H16F4N2O. The van der Waals surface area contributed by atoms with Crippen LogP contribution in [0, 0.1) is 5.82 Å².